The maximum absolute atomic E-state index is 12.1. The highest BCUT2D eigenvalue weighted by molar-refractivity contribution is 6.05. The van der Waals surface area contributed by atoms with Crippen molar-refractivity contribution in [3.63, 3.8) is 0 Å². The van der Waals surface area contributed by atoms with Crippen LogP contribution in [-0.4, -0.2) is 19.0 Å². The van der Waals surface area contributed by atoms with E-state index in [1.807, 2.05) is 6.92 Å². The molecule has 0 spiro atoms. The molecule has 0 aromatic heterocycles. The minimum absolute atomic E-state index is 0.254. The van der Waals surface area contributed by atoms with Gasteiger partial charge >= 0.3 is 5.97 Å². The normalized spacial score (nSPS) is 10.0. The molecule has 5 nitrogen and oxygen atoms in total. The third-order valence-electron chi connectivity index (χ3n) is 2.93. The Morgan fingerprint density at radius 2 is 1.71 bits per heavy atom. The zero-order chi connectivity index (χ0) is 15.4. The number of nitrogens with one attached hydrogen (secondary N) is 1. The molecular formula is C16H16N2O3. The van der Waals surface area contributed by atoms with E-state index in [-0.39, 0.29) is 5.91 Å². The van der Waals surface area contributed by atoms with Crippen LogP contribution in [0.25, 0.3) is 0 Å². The van der Waals surface area contributed by atoms with Gasteiger partial charge < -0.3 is 15.8 Å². The van der Waals surface area contributed by atoms with E-state index >= 15 is 0 Å². The molecule has 0 atom stereocenters. The Morgan fingerprint density at radius 1 is 1.05 bits per heavy atom. The number of nitrogens with two attached hydrogens (primary N) is 1. The molecule has 0 saturated carbocycles. The van der Waals surface area contributed by atoms with Crippen molar-refractivity contribution in [2.24, 2.45) is 0 Å². The standard InChI is InChI=1S/C16H16N2O3/c1-10-7-12(9-13(17)8-10)15(19)18-14-5-3-11(4-6-14)16(20)21-2/h3-9H,17H2,1-2H3,(H,18,19). The molecule has 5 heteroatoms. The summed E-state index contributed by atoms with van der Waals surface area (Å²) < 4.78 is 4.61. The minimum atomic E-state index is -0.417. The first-order valence-electron chi connectivity index (χ1n) is 6.36. The molecule has 0 bridgehead atoms. The van der Waals surface area contributed by atoms with Crippen molar-refractivity contribution in [1.82, 2.24) is 0 Å². The molecule has 0 aliphatic heterocycles. The molecule has 3 N–H and O–H groups in total. The number of ether oxygens (including phenoxy) is 1. The molecular weight excluding hydrogens is 268 g/mol. The Hall–Kier alpha value is -2.82. The van der Waals surface area contributed by atoms with Crippen molar-refractivity contribution < 1.29 is 14.3 Å². The highest BCUT2D eigenvalue weighted by atomic mass is 16.5. The smallest absolute Gasteiger partial charge is 0.337 e. The van der Waals surface area contributed by atoms with Gasteiger partial charge in [0.15, 0.2) is 0 Å². The van der Waals surface area contributed by atoms with E-state index in [1.165, 1.54) is 7.11 Å². The van der Waals surface area contributed by atoms with Crippen molar-refractivity contribution in [3.8, 4) is 0 Å². The van der Waals surface area contributed by atoms with Crippen molar-refractivity contribution in [2.75, 3.05) is 18.2 Å². The van der Waals surface area contributed by atoms with E-state index < -0.39 is 5.97 Å². The predicted octanol–water partition coefficient (Wildman–Crippen LogP) is 2.62. The van der Waals surface area contributed by atoms with Gasteiger partial charge in [0.2, 0.25) is 0 Å². The van der Waals surface area contributed by atoms with Crippen LogP contribution in [0, 0.1) is 6.92 Å². The lowest BCUT2D eigenvalue weighted by Crippen LogP contribution is -2.12. The number of amides is 1. The number of carbonyl (C=O) groups is 2. The van der Waals surface area contributed by atoms with Crippen molar-refractivity contribution in [2.45, 2.75) is 6.92 Å². The number of nitrogen functional groups attached to an aromatic ring is 1. The first-order valence-corrected chi connectivity index (χ1v) is 6.36. The number of anilines is 2. The molecule has 2 aromatic carbocycles. The summed E-state index contributed by atoms with van der Waals surface area (Å²) in [5, 5.41) is 2.75. The third kappa shape index (κ3) is 3.60. The summed E-state index contributed by atoms with van der Waals surface area (Å²) in [6, 6.07) is 11.6. The Kier molecular flexibility index (Phi) is 4.23. The number of hydrogen-bond acceptors (Lipinski definition) is 4. The number of hydrogen-bond donors (Lipinski definition) is 2. The Morgan fingerprint density at radius 3 is 2.29 bits per heavy atom. The summed E-state index contributed by atoms with van der Waals surface area (Å²) in [6.07, 6.45) is 0. The van der Waals surface area contributed by atoms with Crippen LogP contribution in [0.15, 0.2) is 42.5 Å². The average Bonchev–Trinajstić information content (AvgIpc) is 2.46. The number of aryl methyl sites for hydroxylation is 1. The molecule has 0 fully saturated rings. The van der Waals surface area contributed by atoms with Crippen LogP contribution in [0.5, 0.6) is 0 Å². The quantitative estimate of drug-likeness (QED) is 0.670. The molecule has 0 aliphatic carbocycles. The molecule has 0 saturated heterocycles. The van der Waals surface area contributed by atoms with Gasteiger partial charge in [0, 0.05) is 16.9 Å². The Labute approximate surface area is 122 Å². The van der Waals surface area contributed by atoms with E-state index in [4.69, 9.17) is 5.73 Å². The fourth-order valence-corrected chi connectivity index (χ4v) is 1.95. The monoisotopic (exact) mass is 284 g/mol. The van der Waals surface area contributed by atoms with Crippen LogP contribution in [0.1, 0.15) is 26.3 Å². The SMILES string of the molecule is COC(=O)c1ccc(NC(=O)c2cc(C)cc(N)c2)cc1. The summed E-state index contributed by atoms with van der Waals surface area (Å²) in [4.78, 5) is 23.5. The molecule has 21 heavy (non-hydrogen) atoms. The first-order chi connectivity index (χ1) is 9.99. The van der Waals surface area contributed by atoms with E-state index in [0.29, 0.717) is 22.5 Å². The summed E-state index contributed by atoms with van der Waals surface area (Å²) in [7, 11) is 1.32. The van der Waals surface area contributed by atoms with Gasteiger partial charge in [-0.05, 0) is 55.0 Å². The Bertz CT molecular complexity index is 658. The Balaban J connectivity index is 2.14. The summed E-state index contributed by atoms with van der Waals surface area (Å²) >= 11 is 0. The van der Waals surface area contributed by atoms with Crippen LogP contribution < -0.4 is 11.1 Å². The molecule has 108 valence electrons. The fraction of sp³-hybridized carbons (Fsp3) is 0.125. The second-order valence-corrected chi connectivity index (χ2v) is 4.66. The van der Waals surface area contributed by atoms with Crippen LogP contribution in [-0.2, 0) is 4.74 Å². The van der Waals surface area contributed by atoms with Gasteiger partial charge in [0.1, 0.15) is 0 Å². The van der Waals surface area contributed by atoms with Gasteiger partial charge in [-0.15, -0.1) is 0 Å². The average molecular weight is 284 g/mol. The molecule has 0 radical (unpaired) electrons. The predicted molar refractivity (Wildman–Crippen MR) is 81.3 cm³/mol. The summed E-state index contributed by atoms with van der Waals surface area (Å²) in [5.74, 6) is -0.671. The van der Waals surface area contributed by atoms with Crippen molar-refractivity contribution in [3.05, 3.63) is 59.2 Å². The van der Waals surface area contributed by atoms with E-state index in [2.05, 4.69) is 10.1 Å². The lowest BCUT2D eigenvalue weighted by atomic mass is 10.1. The van der Waals surface area contributed by atoms with Gasteiger partial charge in [-0.2, -0.15) is 0 Å². The molecule has 0 aliphatic rings. The first kappa shape index (κ1) is 14.6. The number of methoxy groups -OCH3 is 1. The lowest BCUT2D eigenvalue weighted by Gasteiger charge is -2.07. The van der Waals surface area contributed by atoms with E-state index in [9.17, 15) is 9.59 Å². The summed E-state index contributed by atoms with van der Waals surface area (Å²) in [6.45, 7) is 1.87. The van der Waals surface area contributed by atoms with Crippen LogP contribution in [0.3, 0.4) is 0 Å². The zero-order valence-electron chi connectivity index (χ0n) is 11.8. The van der Waals surface area contributed by atoms with Crippen molar-refractivity contribution in [1.29, 1.82) is 0 Å². The number of esters is 1. The molecule has 2 aromatic rings. The van der Waals surface area contributed by atoms with Crippen LogP contribution >= 0.6 is 0 Å². The van der Waals surface area contributed by atoms with Gasteiger partial charge in [0.05, 0.1) is 12.7 Å². The highest BCUT2D eigenvalue weighted by Crippen LogP contribution is 2.15. The van der Waals surface area contributed by atoms with E-state index in [1.54, 1.807) is 42.5 Å². The van der Waals surface area contributed by atoms with Crippen LogP contribution in [0.4, 0.5) is 11.4 Å². The maximum Gasteiger partial charge on any atom is 0.337 e. The van der Waals surface area contributed by atoms with Gasteiger partial charge in [-0.25, -0.2) is 4.79 Å². The fourth-order valence-electron chi connectivity index (χ4n) is 1.95. The largest absolute Gasteiger partial charge is 0.465 e. The molecule has 0 heterocycles. The van der Waals surface area contributed by atoms with E-state index in [0.717, 1.165) is 5.56 Å². The van der Waals surface area contributed by atoms with Gasteiger partial charge in [-0.3, -0.25) is 4.79 Å². The summed E-state index contributed by atoms with van der Waals surface area (Å²) in [5.41, 5.74) is 8.70. The number of benzene rings is 2. The van der Waals surface area contributed by atoms with Crippen molar-refractivity contribution >= 4 is 23.3 Å². The van der Waals surface area contributed by atoms with Gasteiger partial charge in [0.25, 0.3) is 5.91 Å². The maximum atomic E-state index is 12.1. The minimum Gasteiger partial charge on any atom is -0.465 e. The second-order valence-electron chi connectivity index (χ2n) is 4.66. The zero-order valence-corrected chi connectivity index (χ0v) is 11.8. The topological polar surface area (TPSA) is 81.4 Å². The number of rotatable bonds is 3. The molecule has 0 unspecified atom stereocenters. The lowest BCUT2D eigenvalue weighted by molar-refractivity contribution is 0.0600. The molecule has 1 amide bonds. The third-order valence-corrected chi connectivity index (χ3v) is 2.93. The van der Waals surface area contributed by atoms with Crippen LogP contribution in [0.2, 0.25) is 0 Å². The second kappa shape index (κ2) is 6.09. The molecule has 2 rings (SSSR count). The number of carbonyl (C=O) groups excluding carboxylic acids is 2. The van der Waals surface area contributed by atoms with Gasteiger partial charge in [-0.1, -0.05) is 0 Å². The highest BCUT2D eigenvalue weighted by Gasteiger charge is 2.09.